The van der Waals surface area contributed by atoms with Crippen molar-refractivity contribution in [3.63, 3.8) is 0 Å². The van der Waals surface area contributed by atoms with Crippen LogP contribution in [-0.2, 0) is 0 Å². The van der Waals surface area contributed by atoms with Crippen LogP contribution in [-0.4, -0.2) is 5.16 Å². The molecule has 0 saturated heterocycles. The Morgan fingerprint density at radius 2 is 1.33 bits per heavy atom. The monoisotopic (exact) mass is 231 g/mol. The van der Waals surface area contributed by atoms with Gasteiger partial charge in [-0.15, -0.1) is 0 Å². The van der Waals surface area contributed by atoms with Crippen molar-refractivity contribution in [2.45, 2.75) is 0 Å². The minimum absolute atomic E-state index is 0. The molecule has 0 aromatic heterocycles. The van der Waals surface area contributed by atoms with Crippen molar-refractivity contribution in [3.05, 3.63) is 5.41 Å². The van der Waals surface area contributed by atoms with Crippen LogP contribution in [0.3, 0.4) is 0 Å². The van der Waals surface area contributed by atoms with Gasteiger partial charge in [0.1, 0.15) is 0 Å². The van der Waals surface area contributed by atoms with E-state index in [0.29, 0.717) is 0 Å². The molecule has 0 atom stereocenters. The molecule has 0 aromatic rings. The number of rotatable bonds is 0. The fraction of sp³-hybridized carbons (Fsp3) is 0. The van der Waals surface area contributed by atoms with E-state index in [0.717, 1.165) is 0 Å². The average molecular weight is 231 g/mol. The molecule has 0 aliphatic heterocycles. The maximum Gasteiger partial charge on any atom is 1.00 e. The quantitative estimate of drug-likeness (QED) is 0.176. The van der Waals surface area contributed by atoms with Crippen LogP contribution >= 0.6 is 12.2 Å². The maximum absolute atomic E-state index is 7.13. The molecule has 0 rings (SSSR count). The summed E-state index contributed by atoms with van der Waals surface area (Å²) in [5.74, 6) is 0. The first-order valence-electron chi connectivity index (χ1n) is 0.428. The van der Waals surface area contributed by atoms with E-state index in [1.807, 2.05) is 0 Å². The standard InChI is InChI=1S/CNS.HI.2Na/c2-1-3;;;/h;1H;;/q-1;;2*+1/p-1. The van der Waals surface area contributed by atoms with Crippen LogP contribution in [0.5, 0.6) is 0 Å². The summed E-state index contributed by atoms with van der Waals surface area (Å²) >= 11 is 3.70. The summed E-state index contributed by atoms with van der Waals surface area (Å²) in [7, 11) is 0. The largest absolute Gasteiger partial charge is 1.00 e. The number of isothiocyanates is 1. The van der Waals surface area contributed by atoms with Gasteiger partial charge in [0.25, 0.3) is 0 Å². The molecule has 0 unspecified atom stereocenters. The van der Waals surface area contributed by atoms with Crippen molar-refractivity contribution < 1.29 is 83.1 Å². The number of halogens is 1. The Kier molecular flexibility index (Phi) is 101. The van der Waals surface area contributed by atoms with Gasteiger partial charge in [0.2, 0.25) is 0 Å². The van der Waals surface area contributed by atoms with Crippen LogP contribution in [0.2, 0.25) is 0 Å². The molecule has 0 N–H and O–H groups in total. The average Bonchev–Trinajstić information content (AvgIpc) is 0.918. The van der Waals surface area contributed by atoms with Crippen molar-refractivity contribution >= 4 is 17.4 Å². The van der Waals surface area contributed by atoms with Crippen LogP contribution < -0.4 is 83.1 Å². The molecule has 0 spiro atoms. The summed E-state index contributed by atoms with van der Waals surface area (Å²) in [6.07, 6.45) is 0. The van der Waals surface area contributed by atoms with Crippen molar-refractivity contribution in [3.8, 4) is 0 Å². The Bertz CT molecular complexity index is 34.5. The molecule has 1 nitrogen and oxygen atoms in total. The normalized spacial score (nSPS) is 1.33. The first-order valence-corrected chi connectivity index (χ1v) is 0.836. The van der Waals surface area contributed by atoms with Gasteiger partial charge < -0.3 is 29.4 Å². The fourth-order valence-corrected chi connectivity index (χ4v) is 0. The Hall–Kier alpha value is 2.53. The zero-order valence-corrected chi connectivity index (χ0v) is 10.7. The Balaban J connectivity index is -0.00000000667. The second-order valence-corrected chi connectivity index (χ2v) is 0.274. The smallest absolute Gasteiger partial charge is 1.00 e. The number of nitrogens with zero attached hydrogens (tertiary/aromatic N) is 1. The summed E-state index contributed by atoms with van der Waals surface area (Å²) < 4.78 is 0. The van der Waals surface area contributed by atoms with Crippen molar-refractivity contribution in [1.82, 2.24) is 0 Å². The molecule has 0 heterocycles. The van der Waals surface area contributed by atoms with Gasteiger partial charge in [0.05, 0.1) is 0 Å². The van der Waals surface area contributed by atoms with Gasteiger partial charge in [-0.1, -0.05) is 12.2 Å². The van der Waals surface area contributed by atoms with E-state index in [1.165, 1.54) is 5.16 Å². The summed E-state index contributed by atoms with van der Waals surface area (Å²) in [5, 5.41) is 8.47. The number of thiocarbonyl (C=S) groups is 1. The van der Waals surface area contributed by atoms with Gasteiger partial charge in [0.15, 0.2) is 0 Å². The summed E-state index contributed by atoms with van der Waals surface area (Å²) in [4.78, 5) is 0. The summed E-state index contributed by atoms with van der Waals surface area (Å²) in [6.45, 7) is 0. The molecule has 0 aliphatic carbocycles. The zero-order chi connectivity index (χ0) is 2.71. The number of hydrogen-bond donors (Lipinski definition) is 0. The van der Waals surface area contributed by atoms with Gasteiger partial charge in [-0.05, 0) is 0 Å². The third-order valence-corrected chi connectivity index (χ3v) is 0. The van der Waals surface area contributed by atoms with Crippen molar-refractivity contribution in [1.29, 1.82) is 0 Å². The molecule has 0 aromatic carbocycles. The summed E-state index contributed by atoms with van der Waals surface area (Å²) in [6, 6.07) is 0. The van der Waals surface area contributed by atoms with E-state index in [2.05, 4.69) is 12.2 Å². The maximum atomic E-state index is 7.13. The molecular formula is CINNa2S. The molecule has 0 bridgehead atoms. The van der Waals surface area contributed by atoms with E-state index in [-0.39, 0.29) is 83.1 Å². The van der Waals surface area contributed by atoms with Gasteiger partial charge >= 0.3 is 59.1 Å². The van der Waals surface area contributed by atoms with E-state index in [1.54, 1.807) is 0 Å². The third-order valence-electron chi connectivity index (χ3n) is 0. The Morgan fingerprint density at radius 3 is 1.33 bits per heavy atom. The molecular weight excluding hydrogens is 231 g/mol. The first kappa shape index (κ1) is 23.6. The Morgan fingerprint density at radius 1 is 1.33 bits per heavy atom. The van der Waals surface area contributed by atoms with E-state index >= 15 is 0 Å². The topological polar surface area (TPSA) is 22.3 Å². The molecule has 0 amide bonds. The first-order chi connectivity index (χ1) is 1.41. The van der Waals surface area contributed by atoms with Crippen LogP contribution in [0.15, 0.2) is 0 Å². The van der Waals surface area contributed by atoms with Crippen LogP contribution in [0.4, 0.5) is 0 Å². The molecule has 5 heteroatoms. The molecule has 0 aliphatic rings. The second-order valence-electron chi connectivity index (χ2n) is 0.0913. The second kappa shape index (κ2) is 25.8. The summed E-state index contributed by atoms with van der Waals surface area (Å²) in [5.41, 5.74) is 0. The minimum atomic E-state index is 0. The predicted octanol–water partition coefficient (Wildman–Crippen LogP) is -8.33. The van der Waals surface area contributed by atoms with Crippen LogP contribution in [0.1, 0.15) is 0 Å². The number of hydrogen-bond acceptors (Lipinski definition) is 1. The van der Waals surface area contributed by atoms with Gasteiger partial charge in [-0.2, -0.15) is 5.16 Å². The molecule has 0 fully saturated rings. The van der Waals surface area contributed by atoms with Crippen LogP contribution in [0, 0.1) is 0 Å². The van der Waals surface area contributed by atoms with Crippen LogP contribution in [0.25, 0.3) is 5.41 Å². The minimum Gasteiger partial charge on any atom is -1.00 e. The Labute approximate surface area is 104 Å². The molecule has 24 valence electrons. The molecule has 6 heavy (non-hydrogen) atoms. The van der Waals surface area contributed by atoms with E-state index in [9.17, 15) is 0 Å². The van der Waals surface area contributed by atoms with Gasteiger partial charge in [-0.25, -0.2) is 0 Å². The third kappa shape index (κ3) is 31.2. The molecule has 0 radical (unpaired) electrons. The predicted molar refractivity (Wildman–Crippen MR) is 16.0 cm³/mol. The van der Waals surface area contributed by atoms with Gasteiger partial charge in [0, 0.05) is 0 Å². The van der Waals surface area contributed by atoms with E-state index in [4.69, 9.17) is 5.41 Å². The van der Waals surface area contributed by atoms with Crippen molar-refractivity contribution in [2.75, 3.05) is 0 Å². The zero-order valence-electron chi connectivity index (χ0n) is 3.73. The van der Waals surface area contributed by atoms with Crippen molar-refractivity contribution in [2.24, 2.45) is 0 Å². The SMILES string of the molecule is [I-].[N-]=C=S.[Na+].[Na+]. The van der Waals surface area contributed by atoms with Gasteiger partial charge in [-0.3, -0.25) is 0 Å². The fourth-order valence-electron chi connectivity index (χ4n) is 0. The van der Waals surface area contributed by atoms with E-state index < -0.39 is 0 Å². The molecule has 0 saturated carbocycles.